The number of hydrogen-bond donors (Lipinski definition) is 3. The van der Waals surface area contributed by atoms with Crippen molar-refractivity contribution in [3.05, 3.63) is 28.3 Å². The molecule has 130 valence electrons. The van der Waals surface area contributed by atoms with Crippen molar-refractivity contribution >= 4 is 21.4 Å². The Balaban J connectivity index is 2.98. The van der Waals surface area contributed by atoms with E-state index in [1.165, 1.54) is 12.1 Å². The molecule has 1 atom stereocenters. The molecule has 1 rings (SSSR count). The van der Waals surface area contributed by atoms with Gasteiger partial charge in [0.2, 0.25) is 10.0 Å². The third kappa shape index (κ3) is 6.12. The number of hydrogen-bond acceptors (Lipinski definition) is 6. The summed E-state index contributed by atoms with van der Waals surface area (Å²) >= 11 is 0. The number of sulfonamides is 1. The number of nitrogens with one attached hydrogen (secondary N) is 1. The molecule has 0 aromatic heterocycles. The standard InChI is InChI=1S/C14H23N3O5S/c1-10(2)6-7-14(3,18)9-16-12-5-4-11(17(19)20)8-13(12)23(15,21)22/h4-5,8,10,16,18H,6-7,9H2,1-3H3,(H2,15,21,22). The van der Waals surface area contributed by atoms with Gasteiger partial charge in [-0.2, -0.15) is 0 Å². The highest BCUT2D eigenvalue weighted by atomic mass is 32.2. The zero-order valence-electron chi connectivity index (χ0n) is 13.4. The van der Waals surface area contributed by atoms with Gasteiger partial charge in [0.05, 0.1) is 16.2 Å². The lowest BCUT2D eigenvalue weighted by atomic mass is 9.95. The number of aliphatic hydroxyl groups is 1. The molecule has 1 aromatic carbocycles. The fourth-order valence-electron chi connectivity index (χ4n) is 1.98. The van der Waals surface area contributed by atoms with E-state index in [9.17, 15) is 23.6 Å². The van der Waals surface area contributed by atoms with Gasteiger partial charge in [-0.05, 0) is 31.7 Å². The molecule has 1 unspecified atom stereocenters. The molecule has 0 saturated carbocycles. The van der Waals surface area contributed by atoms with Crippen molar-refractivity contribution in [2.24, 2.45) is 11.1 Å². The zero-order chi connectivity index (χ0) is 17.8. The molecule has 0 fully saturated rings. The van der Waals surface area contributed by atoms with Crippen LogP contribution in [-0.4, -0.2) is 30.6 Å². The molecule has 0 saturated heterocycles. The highest BCUT2D eigenvalue weighted by molar-refractivity contribution is 7.89. The highest BCUT2D eigenvalue weighted by Gasteiger charge is 2.23. The molecular formula is C14H23N3O5S. The molecule has 0 bridgehead atoms. The minimum Gasteiger partial charge on any atom is -0.388 e. The molecule has 8 nitrogen and oxygen atoms in total. The SMILES string of the molecule is CC(C)CCC(C)(O)CNc1ccc([N+](=O)[O-])cc1S(N)(=O)=O. The molecule has 23 heavy (non-hydrogen) atoms. The van der Waals surface area contributed by atoms with Gasteiger partial charge >= 0.3 is 0 Å². The summed E-state index contributed by atoms with van der Waals surface area (Å²) in [5.74, 6) is 0.431. The fraction of sp³-hybridized carbons (Fsp3) is 0.571. The maximum Gasteiger partial charge on any atom is 0.270 e. The van der Waals surface area contributed by atoms with Crippen molar-refractivity contribution < 1.29 is 18.4 Å². The minimum absolute atomic E-state index is 0.0973. The topological polar surface area (TPSA) is 136 Å². The van der Waals surface area contributed by atoms with Gasteiger partial charge in [-0.3, -0.25) is 10.1 Å². The van der Waals surface area contributed by atoms with Gasteiger partial charge in [0.25, 0.3) is 5.69 Å². The van der Waals surface area contributed by atoms with Crippen LogP contribution in [0.5, 0.6) is 0 Å². The van der Waals surface area contributed by atoms with E-state index in [1.807, 2.05) is 13.8 Å². The van der Waals surface area contributed by atoms with E-state index in [0.29, 0.717) is 12.3 Å². The maximum absolute atomic E-state index is 11.6. The molecule has 0 aliphatic heterocycles. The lowest BCUT2D eigenvalue weighted by Gasteiger charge is -2.25. The molecular weight excluding hydrogens is 322 g/mol. The van der Waals surface area contributed by atoms with Gasteiger partial charge in [-0.25, -0.2) is 13.6 Å². The average molecular weight is 345 g/mol. The summed E-state index contributed by atoms with van der Waals surface area (Å²) in [5.41, 5.74) is -1.28. The summed E-state index contributed by atoms with van der Waals surface area (Å²) in [6.45, 7) is 5.82. The monoisotopic (exact) mass is 345 g/mol. The van der Waals surface area contributed by atoms with Gasteiger partial charge in [0.1, 0.15) is 4.90 Å². The Bertz CT molecular complexity index is 671. The predicted octanol–water partition coefficient (Wildman–Crippen LogP) is 1.84. The summed E-state index contributed by atoms with van der Waals surface area (Å²) in [6.07, 6.45) is 1.35. The van der Waals surface area contributed by atoms with Crippen LogP contribution in [-0.2, 0) is 10.0 Å². The summed E-state index contributed by atoms with van der Waals surface area (Å²) in [6, 6.07) is 3.36. The number of non-ortho nitro benzene ring substituents is 1. The quantitative estimate of drug-likeness (QED) is 0.486. The van der Waals surface area contributed by atoms with Crippen LogP contribution < -0.4 is 10.5 Å². The highest BCUT2D eigenvalue weighted by Crippen LogP contribution is 2.26. The molecule has 1 aromatic rings. The average Bonchev–Trinajstić information content (AvgIpc) is 2.42. The summed E-state index contributed by atoms with van der Waals surface area (Å²) in [4.78, 5) is 9.70. The molecule has 0 amide bonds. The number of nitrogens with two attached hydrogens (primary N) is 1. The van der Waals surface area contributed by atoms with E-state index in [0.717, 1.165) is 12.5 Å². The van der Waals surface area contributed by atoms with E-state index in [1.54, 1.807) is 6.92 Å². The van der Waals surface area contributed by atoms with Crippen LogP contribution in [0.4, 0.5) is 11.4 Å². The lowest BCUT2D eigenvalue weighted by molar-refractivity contribution is -0.385. The van der Waals surface area contributed by atoms with E-state index in [-0.39, 0.29) is 22.8 Å². The Labute approximate surface area is 135 Å². The first kappa shape index (κ1) is 19.3. The van der Waals surface area contributed by atoms with Gasteiger partial charge in [-0.15, -0.1) is 0 Å². The molecule has 0 heterocycles. The van der Waals surface area contributed by atoms with E-state index < -0.39 is 20.5 Å². The number of rotatable bonds is 8. The van der Waals surface area contributed by atoms with Crippen molar-refractivity contribution in [1.29, 1.82) is 0 Å². The first-order chi connectivity index (χ1) is 10.4. The number of nitro benzene ring substituents is 1. The van der Waals surface area contributed by atoms with Gasteiger partial charge in [-0.1, -0.05) is 13.8 Å². The van der Waals surface area contributed by atoms with Gasteiger partial charge in [0.15, 0.2) is 0 Å². The number of anilines is 1. The van der Waals surface area contributed by atoms with Crippen LogP contribution >= 0.6 is 0 Å². The van der Waals surface area contributed by atoms with Crippen LogP contribution in [0.25, 0.3) is 0 Å². The van der Waals surface area contributed by atoms with Crippen molar-refractivity contribution in [3.63, 3.8) is 0 Å². The Hall–Kier alpha value is -1.71. The van der Waals surface area contributed by atoms with Crippen LogP contribution in [0.3, 0.4) is 0 Å². The van der Waals surface area contributed by atoms with Crippen molar-refractivity contribution in [2.45, 2.75) is 44.1 Å². The van der Waals surface area contributed by atoms with Crippen molar-refractivity contribution in [1.82, 2.24) is 0 Å². The van der Waals surface area contributed by atoms with E-state index >= 15 is 0 Å². The number of primary sulfonamides is 1. The van der Waals surface area contributed by atoms with Gasteiger partial charge < -0.3 is 10.4 Å². The molecule has 9 heteroatoms. The van der Waals surface area contributed by atoms with Crippen LogP contribution in [0.2, 0.25) is 0 Å². The first-order valence-electron chi connectivity index (χ1n) is 7.20. The van der Waals surface area contributed by atoms with Crippen molar-refractivity contribution in [2.75, 3.05) is 11.9 Å². The second kappa shape index (κ2) is 7.24. The Morgan fingerprint density at radius 3 is 2.52 bits per heavy atom. The number of benzene rings is 1. The summed E-state index contributed by atoms with van der Waals surface area (Å²) in [5, 5.41) is 29.0. The number of nitro groups is 1. The predicted molar refractivity (Wildman–Crippen MR) is 87.7 cm³/mol. The largest absolute Gasteiger partial charge is 0.388 e. The smallest absolute Gasteiger partial charge is 0.270 e. The zero-order valence-corrected chi connectivity index (χ0v) is 14.3. The fourth-order valence-corrected chi connectivity index (χ4v) is 2.71. The normalized spacial score (nSPS) is 14.5. The van der Waals surface area contributed by atoms with E-state index in [2.05, 4.69) is 5.32 Å². The molecule has 0 aliphatic rings. The Morgan fingerprint density at radius 1 is 1.43 bits per heavy atom. The third-order valence-corrected chi connectivity index (χ3v) is 4.35. The van der Waals surface area contributed by atoms with Crippen LogP contribution in [0.1, 0.15) is 33.6 Å². The van der Waals surface area contributed by atoms with Gasteiger partial charge in [0, 0.05) is 18.7 Å². The first-order valence-corrected chi connectivity index (χ1v) is 8.74. The number of nitrogens with zero attached hydrogens (tertiary/aromatic N) is 1. The third-order valence-electron chi connectivity index (χ3n) is 3.40. The van der Waals surface area contributed by atoms with Crippen molar-refractivity contribution in [3.8, 4) is 0 Å². The summed E-state index contributed by atoms with van der Waals surface area (Å²) in [7, 11) is -4.13. The van der Waals surface area contributed by atoms with Crippen LogP contribution in [0, 0.1) is 16.0 Å². The minimum atomic E-state index is -4.13. The molecule has 4 N–H and O–H groups in total. The molecule has 0 spiro atoms. The second-order valence-corrected chi connectivity index (χ2v) is 7.80. The molecule has 0 radical (unpaired) electrons. The molecule has 0 aliphatic carbocycles. The lowest BCUT2D eigenvalue weighted by Crippen LogP contribution is -2.34. The van der Waals surface area contributed by atoms with Crippen LogP contribution in [0.15, 0.2) is 23.1 Å². The Morgan fingerprint density at radius 2 is 2.04 bits per heavy atom. The maximum atomic E-state index is 11.6. The summed E-state index contributed by atoms with van der Waals surface area (Å²) < 4.78 is 23.2. The second-order valence-electron chi connectivity index (χ2n) is 6.27. The van der Waals surface area contributed by atoms with E-state index in [4.69, 9.17) is 5.14 Å². The Kier molecular flexibility index (Phi) is 6.09.